The normalized spacial score (nSPS) is 15.6. The Kier molecular flexibility index (Phi) is 4.59. The molecule has 1 aromatic heterocycles. The fourth-order valence-corrected chi connectivity index (χ4v) is 2.73. The van der Waals surface area contributed by atoms with Crippen molar-refractivity contribution < 1.29 is 14.1 Å². The van der Waals surface area contributed by atoms with Crippen LogP contribution in [0.1, 0.15) is 53.4 Å². The summed E-state index contributed by atoms with van der Waals surface area (Å²) in [4.78, 5) is 30.1. The monoisotopic (exact) mass is 328 g/mol. The SMILES string of the molecule is Cc1noc(C(C)NC(=O)c2cccc(CN3CCCC3=O)c2)n1. The zero-order valence-electron chi connectivity index (χ0n) is 13.8. The summed E-state index contributed by atoms with van der Waals surface area (Å²) in [5.74, 6) is 0.862. The Morgan fingerprint density at radius 2 is 2.29 bits per heavy atom. The number of carbonyl (C=O) groups is 2. The molecule has 126 valence electrons. The highest BCUT2D eigenvalue weighted by atomic mass is 16.5. The van der Waals surface area contributed by atoms with Crippen LogP contribution in [0.15, 0.2) is 28.8 Å². The minimum Gasteiger partial charge on any atom is -0.341 e. The summed E-state index contributed by atoms with van der Waals surface area (Å²) in [6.45, 7) is 4.84. The summed E-state index contributed by atoms with van der Waals surface area (Å²) in [5.41, 5.74) is 1.49. The van der Waals surface area contributed by atoms with Crippen LogP contribution in [0.5, 0.6) is 0 Å². The highest BCUT2D eigenvalue weighted by Gasteiger charge is 2.21. The third kappa shape index (κ3) is 3.61. The third-order valence-electron chi connectivity index (χ3n) is 4.00. The van der Waals surface area contributed by atoms with Gasteiger partial charge in [-0.25, -0.2) is 0 Å². The number of likely N-dealkylation sites (tertiary alicyclic amines) is 1. The van der Waals surface area contributed by atoms with Crippen LogP contribution in [0, 0.1) is 6.92 Å². The fourth-order valence-electron chi connectivity index (χ4n) is 2.73. The number of aryl methyl sites for hydroxylation is 1. The van der Waals surface area contributed by atoms with E-state index in [0.29, 0.717) is 30.2 Å². The average Bonchev–Trinajstić information content (AvgIpc) is 3.17. The molecule has 1 aliphatic rings. The van der Waals surface area contributed by atoms with Gasteiger partial charge in [-0.2, -0.15) is 4.98 Å². The van der Waals surface area contributed by atoms with Crippen molar-refractivity contribution in [2.45, 2.75) is 39.3 Å². The molecule has 0 aliphatic carbocycles. The number of hydrogen-bond acceptors (Lipinski definition) is 5. The van der Waals surface area contributed by atoms with E-state index in [4.69, 9.17) is 4.52 Å². The second-order valence-electron chi connectivity index (χ2n) is 5.99. The first-order valence-corrected chi connectivity index (χ1v) is 8.01. The summed E-state index contributed by atoms with van der Waals surface area (Å²) in [5, 5.41) is 6.56. The summed E-state index contributed by atoms with van der Waals surface area (Å²) in [7, 11) is 0. The zero-order valence-corrected chi connectivity index (χ0v) is 13.8. The van der Waals surface area contributed by atoms with Crippen LogP contribution in [-0.4, -0.2) is 33.4 Å². The molecule has 3 rings (SSSR count). The van der Waals surface area contributed by atoms with Crippen LogP contribution in [0.25, 0.3) is 0 Å². The number of benzene rings is 1. The largest absolute Gasteiger partial charge is 0.341 e. The predicted molar refractivity (Wildman–Crippen MR) is 86.0 cm³/mol. The van der Waals surface area contributed by atoms with Crippen molar-refractivity contribution >= 4 is 11.8 Å². The minimum absolute atomic E-state index is 0.172. The average molecular weight is 328 g/mol. The Morgan fingerprint density at radius 3 is 2.96 bits per heavy atom. The molecule has 2 heterocycles. The van der Waals surface area contributed by atoms with E-state index in [1.807, 2.05) is 23.1 Å². The van der Waals surface area contributed by atoms with Gasteiger partial charge in [0.2, 0.25) is 11.8 Å². The molecule has 1 fully saturated rings. The van der Waals surface area contributed by atoms with E-state index in [-0.39, 0.29) is 17.9 Å². The predicted octanol–water partition coefficient (Wildman–Crippen LogP) is 1.99. The van der Waals surface area contributed by atoms with Crippen molar-refractivity contribution in [1.82, 2.24) is 20.4 Å². The molecular weight excluding hydrogens is 308 g/mol. The van der Waals surface area contributed by atoms with Crippen molar-refractivity contribution in [2.75, 3.05) is 6.54 Å². The number of aromatic nitrogens is 2. The maximum absolute atomic E-state index is 12.4. The van der Waals surface area contributed by atoms with Crippen LogP contribution in [-0.2, 0) is 11.3 Å². The molecule has 24 heavy (non-hydrogen) atoms. The molecule has 0 spiro atoms. The molecular formula is C17H20N4O3. The number of amides is 2. The Morgan fingerprint density at radius 1 is 1.46 bits per heavy atom. The van der Waals surface area contributed by atoms with Gasteiger partial charge in [-0.15, -0.1) is 0 Å². The molecule has 7 heteroatoms. The minimum atomic E-state index is -0.373. The third-order valence-corrected chi connectivity index (χ3v) is 4.00. The van der Waals surface area contributed by atoms with Crippen LogP contribution in [0.3, 0.4) is 0 Å². The highest BCUT2D eigenvalue weighted by molar-refractivity contribution is 5.94. The first-order valence-electron chi connectivity index (χ1n) is 8.01. The first kappa shape index (κ1) is 16.2. The van der Waals surface area contributed by atoms with E-state index in [0.717, 1.165) is 18.5 Å². The fraction of sp³-hybridized carbons (Fsp3) is 0.412. The number of nitrogens with zero attached hydrogens (tertiary/aromatic N) is 3. The quantitative estimate of drug-likeness (QED) is 0.907. The molecule has 2 aromatic rings. The molecule has 1 saturated heterocycles. The van der Waals surface area contributed by atoms with E-state index in [9.17, 15) is 9.59 Å². The van der Waals surface area contributed by atoms with Gasteiger partial charge in [-0.3, -0.25) is 9.59 Å². The van der Waals surface area contributed by atoms with Crippen molar-refractivity contribution in [1.29, 1.82) is 0 Å². The summed E-state index contributed by atoms with van der Waals surface area (Å²) in [6, 6.07) is 6.94. The van der Waals surface area contributed by atoms with Crippen molar-refractivity contribution in [3.8, 4) is 0 Å². The molecule has 2 amide bonds. The maximum Gasteiger partial charge on any atom is 0.251 e. The summed E-state index contributed by atoms with van der Waals surface area (Å²) in [6.07, 6.45) is 1.52. The van der Waals surface area contributed by atoms with Gasteiger partial charge in [0.1, 0.15) is 6.04 Å². The van der Waals surface area contributed by atoms with Gasteiger partial charge < -0.3 is 14.7 Å². The number of hydrogen-bond donors (Lipinski definition) is 1. The van der Waals surface area contributed by atoms with E-state index in [2.05, 4.69) is 15.5 Å². The lowest BCUT2D eigenvalue weighted by Crippen LogP contribution is -2.27. The van der Waals surface area contributed by atoms with E-state index in [1.54, 1.807) is 19.9 Å². The highest BCUT2D eigenvalue weighted by Crippen LogP contribution is 2.16. The van der Waals surface area contributed by atoms with E-state index < -0.39 is 0 Å². The molecule has 7 nitrogen and oxygen atoms in total. The Balaban J connectivity index is 1.66. The van der Waals surface area contributed by atoms with Crippen LogP contribution < -0.4 is 5.32 Å². The van der Waals surface area contributed by atoms with Gasteiger partial charge in [-0.1, -0.05) is 17.3 Å². The first-order chi connectivity index (χ1) is 11.5. The molecule has 1 unspecified atom stereocenters. The van der Waals surface area contributed by atoms with E-state index >= 15 is 0 Å². The molecule has 1 N–H and O–H groups in total. The lowest BCUT2D eigenvalue weighted by atomic mass is 10.1. The van der Waals surface area contributed by atoms with Crippen molar-refractivity contribution in [3.63, 3.8) is 0 Å². The smallest absolute Gasteiger partial charge is 0.251 e. The van der Waals surface area contributed by atoms with Gasteiger partial charge in [0, 0.05) is 25.1 Å². The number of nitrogens with one attached hydrogen (secondary N) is 1. The van der Waals surface area contributed by atoms with Gasteiger partial charge in [0.15, 0.2) is 5.82 Å². The second kappa shape index (κ2) is 6.82. The topological polar surface area (TPSA) is 88.3 Å². The molecule has 1 aromatic carbocycles. The Labute approximate surface area is 140 Å². The molecule has 0 saturated carbocycles. The number of carbonyl (C=O) groups excluding carboxylic acids is 2. The molecule has 1 aliphatic heterocycles. The molecule has 1 atom stereocenters. The van der Waals surface area contributed by atoms with Crippen molar-refractivity contribution in [3.05, 3.63) is 47.1 Å². The van der Waals surface area contributed by atoms with E-state index in [1.165, 1.54) is 0 Å². The van der Waals surface area contributed by atoms with Crippen LogP contribution >= 0.6 is 0 Å². The van der Waals surface area contributed by atoms with Crippen LogP contribution in [0.4, 0.5) is 0 Å². The molecule has 0 radical (unpaired) electrons. The Bertz CT molecular complexity index is 756. The Hall–Kier alpha value is -2.70. The summed E-state index contributed by atoms with van der Waals surface area (Å²) < 4.78 is 5.07. The van der Waals surface area contributed by atoms with Crippen molar-refractivity contribution in [2.24, 2.45) is 0 Å². The standard InChI is InChI=1S/C17H20N4O3/c1-11(17-19-12(2)20-24-17)18-16(23)14-6-3-5-13(9-14)10-21-8-4-7-15(21)22/h3,5-6,9,11H,4,7-8,10H2,1-2H3,(H,18,23). The lowest BCUT2D eigenvalue weighted by Gasteiger charge is -2.16. The van der Waals surface area contributed by atoms with Gasteiger partial charge in [0.05, 0.1) is 0 Å². The van der Waals surface area contributed by atoms with Gasteiger partial charge in [0.25, 0.3) is 5.91 Å². The maximum atomic E-state index is 12.4. The lowest BCUT2D eigenvalue weighted by molar-refractivity contribution is -0.128. The van der Waals surface area contributed by atoms with Gasteiger partial charge >= 0.3 is 0 Å². The molecule has 0 bridgehead atoms. The number of rotatable bonds is 5. The van der Waals surface area contributed by atoms with Gasteiger partial charge in [-0.05, 0) is 38.0 Å². The summed E-state index contributed by atoms with van der Waals surface area (Å²) >= 11 is 0. The second-order valence-corrected chi connectivity index (χ2v) is 5.99. The van der Waals surface area contributed by atoms with Crippen LogP contribution in [0.2, 0.25) is 0 Å². The zero-order chi connectivity index (χ0) is 17.1.